The van der Waals surface area contributed by atoms with E-state index in [0.29, 0.717) is 16.9 Å². The van der Waals surface area contributed by atoms with Crippen molar-refractivity contribution in [1.82, 2.24) is 0 Å². The van der Waals surface area contributed by atoms with Gasteiger partial charge in [-0.1, -0.05) is 30.3 Å². The first-order valence-electron chi connectivity index (χ1n) is 7.55. The number of hydrogen-bond donors (Lipinski definition) is 0. The molecule has 2 aromatic carbocycles. The van der Waals surface area contributed by atoms with E-state index in [1.807, 2.05) is 6.07 Å². The third-order valence-electron chi connectivity index (χ3n) is 3.90. The van der Waals surface area contributed by atoms with Crippen LogP contribution in [0, 0.1) is 5.92 Å². The standard InChI is InChI=1S/C19H15NO4/c1-12(21)11-16(22)17-18(23)14-9-5-6-10-15(14)20(19(17)24)13-7-3-2-4-8-13/h2-10,17H,11H2,1H3. The van der Waals surface area contributed by atoms with Crippen molar-refractivity contribution in [1.29, 1.82) is 0 Å². The maximum absolute atomic E-state index is 12.9. The lowest BCUT2D eigenvalue weighted by molar-refractivity contribution is -0.132. The quantitative estimate of drug-likeness (QED) is 0.812. The number of ketones is 3. The molecule has 0 aliphatic carbocycles. The van der Waals surface area contributed by atoms with Crippen LogP contribution >= 0.6 is 0 Å². The number of anilines is 2. The molecule has 1 heterocycles. The van der Waals surface area contributed by atoms with Crippen LogP contribution in [0.4, 0.5) is 11.4 Å². The minimum Gasteiger partial charge on any atom is -0.300 e. The van der Waals surface area contributed by atoms with E-state index in [-0.39, 0.29) is 5.78 Å². The number of Topliss-reactive ketones (excluding diaryl/α,β-unsaturated/α-hetero) is 3. The molecule has 0 N–H and O–H groups in total. The third kappa shape index (κ3) is 2.65. The average Bonchev–Trinajstić information content (AvgIpc) is 2.55. The number of fused-ring (bicyclic) bond motifs is 1. The first kappa shape index (κ1) is 15.8. The lowest BCUT2D eigenvalue weighted by Crippen LogP contribution is -2.46. The molecule has 0 bridgehead atoms. The van der Waals surface area contributed by atoms with Crippen molar-refractivity contribution in [2.75, 3.05) is 4.90 Å². The van der Waals surface area contributed by atoms with E-state index in [1.54, 1.807) is 48.5 Å². The predicted octanol–water partition coefficient (Wildman–Crippen LogP) is 2.71. The Morgan fingerprint density at radius 2 is 1.58 bits per heavy atom. The van der Waals surface area contributed by atoms with Crippen molar-refractivity contribution < 1.29 is 19.2 Å². The van der Waals surface area contributed by atoms with Gasteiger partial charge < -0.3 is 0 Å². The Hall–Kier alpha value is -3.08. The maximum Gasteiger partial charge on any atom is 0.250 e. The molecule has 1 unspecified atom stereocenters. The first-order valence-corrected chi connectivity index (χ1v) is 7.55. The molecule has 5 nitrogen and oxygen atoms in total. The number of nitrogens with zero attached hydrogens (tertiary/aromatic N) is 1. The highest BCUT2D eigenvalue weighted by Crippen LogP contribution is 2.36. The van der Waals surface area contributed by atoms with Crippen LogP contribution in [-0.2, 0) is 14.4 Å². The van der Waals surface area contributed by atoms with Crippen molar-refractivity contribution in [3.05, 3.63) is 60.2 Å². The van der Waals surface area contributed by atoms with Crippen molar-refractivity contribution in [2.24, 2.45) is 5.92 Å². The van der Waals surface area contributed by atoms with Gasteiger partial charge in [-0.25, -0.2) is 0 Å². The molecule has 2 aromatic rings. The number of carbonyl (C=O) groups excluding carboxylic acids is 4. The van der Waals surface area contributed by atoms with Crippen LogP contribution in [0.5, 0.6) is 0 Å². The van der Waals surface area contributed by atoms with Crippen molar-refractivity contribution in [3.63, 3.8) is 0 Å². The molecule has 5 heteroatoms. The Morgan fingerprint density at radius 1 is 0.958 bits per heavy atom. The summed E-state index contributed by atoms with van der Waals surface area (Å²) in [6.45, 7) is 1.26. The molecule has 1 aliphatic rings. The summed E-state index contributed by atoms with van der Waals surface area (Å²) in [5.74, 6) is -3.66. The highest BCUT2D eigenvalue weighted by atomic mass is 16.2. The zero-order valence-corrected chi connectivity index (χ0v) is 13.1. The van der Waals surface area contributed by atoms with Gasteiger partial charge in [0.2, 0.25) is 5.91 Å². The van der Waals surface area contributed by atoms with Gasteiger partial charge in [-0.3, -0.25) is 24.1 Å². The molecule has 0 radical (unpaired) electrons. The number of rotatable bonds is 4. The molecule has 0 saturated carbocycles. The van der Waals surface area contributed by atoms with Crippen LogP contribution in [0.2, 0.25) is 0 Å². The fraction of sp³-hybridized carbons (Fsp3) is 0.158. The van der Waals surface area contributed by atoms with Crippen LogP contribution in [0.25, 0.3) is 0 Å². The molecule has 1 amide bonds. The molecular formula is C19H15NO4. The lowest BCUT2D eigenvalue weighted by atomic mass is 9.85. The molecule has 0 fully saturated rings. The first-order chi connectivity index (χ1) is 11.5. The minimum absolute atomic E-state index is 0.308. The summed E-state index contributed by atoms with van der Waals surface area (Å²) < 4.78 is 0. The van der Waals surface area contributed by atoms with E-state index in [1.165, 1.54) is 11.8 Å². The van der Waals surface area contributed by atoms with Gasteiger partial charge in [-0.2, -0.15) is 0 Å². The summed E-state index contributed by atoms with van der Waals surface area (Å²) in [5, 5.41) is 0. The van der Waals surface area contributed by atoms with E-state index >= 15 is 0 Å². The number of para-hydroxylation sites is 2. The topological polar surface area (TPSA) is 71.5 Å². The van der Waals surface area contributed by atoms with Crippen LogP contribution in [0.15, 0.2) is 54.6 Å². The Bertz CT molecular complexity index is 841. The zero-order chi connectivity index (χ0) is 17.3. The maximum atomic E-state index is 12.9. The summed E-state index contributed by atoms with van der Waals surface area (Å²) in [7, 11) is 0. The van der Waals surface area contributed by atoms with Gasteiger partial charge in [0.05, 0.1) is 12.1 Å². The van der Waals surface area contributed by atoms with E-state index in [9.17, 15) is 19.2 Å². The predicted molar refractivity (Wildman–Crippen MR) is 88.2 cm³/mol. The van der Waals surface area contributed by atoms with Gasteiger partial charge in [-0.15, -0.1) is 0 Å². The summed E-state index contributed by atoms with van der Waals surface area (Å²) >= 11 is 0. The highest BCUT2D eigenvalue weighted by Gasteiger charge is 2.44. The van der Waals surface area contributed by atoms with Gasteiger partial charge in [0.25, 0.3) is 0 Å². The summed E-state index contributed by atoms with van der Waals surface area (Å²) in [4.78, 5) is 50.5. The normalized spacial score (nSPS) is 16.7. The van der Waals surface area contributed by atoms with E-state index in [4.69, 9.17) is 0 Å². The largest absolute Gasteiger partial charge is 0.300 e. The van der Waals surface area contributed by atoms with Crippen molar-refractivity contribution >= 4 is 34.6 Å². The molecule has 0 saturated heterocycles. The zero-order valence-electron chi connectivity index (χ0n) is 13.1. The van der Waals surface area contributed by atoms with Crippen LogP contribution in [0.3, 0.4) is 0 Å². The second-order valence-electron chi connectivity index (χ2n) is 5.67. The highest BCUT2D eigenvalue weighted by molar-refractivity contribution is 6.34. The van der Waals surface area contributed by atoms with E-state index in [2.05, 4.69) is 0 Å². The molecule has 1 aliphatic heterocycles. The van der Waals surface area contributed by atoms with Crippen LogP contribution < -0.4 is 4.90 Å². The Balaban J connectivity index is 2.14. The average molecular weight is 321 g/mol. The van der Waals surface area contributed by atoms with Crippen molar-refractivity contribution in [2.45, 2.75) is 13.3 Å². The molecule has 120 valence electrons. The monoisotopic (exact) mass is 321 g/mol. The summed E-state index contributed by atoms with van der Waals surface area (Å²) in [6.07, 6.45) is -0.424. The van der Waals surface area contributed by atoms with Gasteiger partial charge in [0.15, 0.2) is 17.5 Å². The van der Waals surface area contributed by atoms with Gasteiger partial charge in [-0.05, 0) is 31.2 Å². The molecule has 1 atom stereocenters. The van der Waals surface area contributed by atoms with Crippen molar-refractivity contribution in [3.8, 4) is 0 Å². The third-order valence-corrected chi connectivity index (χ3v) is 3.90. The number of hydrogen-bond acceptors (Lipinski definition) is 4. The van der Waals surface area contributed by atoms with Gasteiger partial charge in [0, 0.05) is 11.3 Å². The minimum atomic E-state index is -1.47. The molecule has 0 spiro atoms. The molecular weight excluding hydrogens is 306 g/mol. The number of carbonyl (C=O) groups is 4. The molecule has 24 heavy (non-hydrogen) atoms. The Kier molecular flexibility index (Phi) is 4.08. The lowest BCUT2D eigenvalue weighted by Gasteiger charge is -2.32. The fourth-order valence-corrected chi connectivity index (χ4v) is 2.87. The second kappa shape index (κ2) is 6.20. The fourth-order valence-electron chi connectivity index (χ4n) is 2.87. The SMILES string of the molecule is CC(=O)CC(=O)C1C(=O)c2ccccc2N(c2ccccc2)C1=O. The number of amides is 1. The van der Waals surface area contributed by atoms with Crippen LogP contribution in [-0.4, -0.2) is 23.3 Å². The van der Waals surface area contributed by atoms with E-state index in [0.717, 1.165) is 0 Å². The summed E-state index contributed by atoms with van der Waals surface area (Å²) in [5.41, 5.74) is 1.33. The Morgan fingerprint density at radius 3 is 2.25 bits per heavy atom. The molecule has 0 aromatic heterocycles. The smallest absolute Gasteiger partial charge is 0.250 e. The van der Waals surface area contributed by atoms with E-state index < -0.39 is 29.8 Å². The molecule has 3 rings (SSSR count). The number of benzene rings is 2. The van der Waals surface area contributed by atoms with Gasteiger partial charge >= 0.3 is 0 Å². The second-order valence-corrected chi connectivity index (χ2v) is 5.67. The van der Waals surface area contributed by atoms with Gasteiger partial charge in [0.1, 0.15) is 5.78 Å². The summed E-state index contributed by atoms with van der Waals surface area (Å²) in [6, 6.07) is 15.5. The van der Waals surface area contributed by atoms with Crippen LogP contribution in [0.1, 0.15) is 23.7 Å². The Labute approximate surface area is 138 Å².